The number of benzene rings is 2. The fraction of sp³-hybridized carbons (Fsp3) is 0.190. The maximum Gasteiger partial charge on any atom is 0.416 e. The quantitative estimate of drug-likeness (QED) is 0.570. The number of hydrogen-bond donors (Lipinski definition) is 2. The zero-order valence-electron chi connectivity index (χ0n) is 16.5. The number of nitrogens with zero attached hydrogens (tertiary/aromatic N) is 2. The molecule has 0 saturated carbocycles. The largest absolute Gasteiger partial charge is 0.416 e. The molecule has 0 aliphatic rings. The van der Waals surface area contributed by atoms with E-state index in [1.54, 1.807) is 26.0 Å². The molecule has 0 aliphatic carbocycles. The fourth-order valence-corrected chi connectivity index (χ4v) is 3.05. The molecule has 6 nitrogen and oxygen atoms in total. The van der Waals surface area contributed by atoms with Crippen LogP contribution in [0.4, 0.5) is 24.5 Å². The van der Waals surface area contributed by atoms with E-state index in [2.05, 4.69) is 15.7 Å². The van der Waals surface area contributed by atoms with E-state index in [1.165, 1.54) is 28.9 Å². The Kier molecular flexibility index (Phi) is 6.35. The molecule has 162 valence electrons. The summed E-state index contributed by atoms with van der Waals surface area (Å²) >= 11 is 6.09. The highest BCUT2D eigenvalue weighted by Gasteiger charge is 2.30. The van der Waals surface area contributed by atoms with Crippen LogP contribution in [0.2, 0.25) is 5.02 Å². The summed E-state index contributed by atoms with van der Waals surface area (Å²) in [4.78, 5) is 25.1. The van der Waals surface area contributed by atoms with Gasteiger partial charge in [0.1, 0.15) is 6.54 Å². The van der Waals surface area contributed by atoms with Crippen molar-refractivity contribution in [1.82, 2.24) is 9.78 Å². The highest BCUT2D eigenvalue weighted by molar-refractivity contribution is 6.31. The Labute approximate surface area is 181 Å². The van der Waals surface area contributed by atoms with Crippen molar-refractivity contribution in [1.29, 1.82) is 0 Å². The normalized spacial score (nSPS) is 11.3. The van der Waals surface area contributed by atoms with Gasteiger partial charge in [-0.3, -0.25) is 14.3 Å². The number of anilines is 2. The lowest BCUT2D eigenvalue weighted by Gasteiger charge is -2.13. The van der Waals surface area contributed by atoms with Gasteiger partial charge in [0.2, 0.25) is 5.91 Å². The van der Waals surface area contributed by atoms with Gasteiger partial charge in [0.15, 0.2) is 0 Å². The van der Waals surface area contributed by atoms with Crippen molar-refractivity contribution in [2.24, 2.45) is 0 Å². The standard InChI is InChI=1S/C21H18ClF3N4O2/c1-12-19(22)13(2)29(28-12)11-18(30)27-17-9-4-3-8-16(17)20(31)26-15-7-5-6-14(10-15)21(23,24)25/h3-10H,11H2,1-2H3,(H,26,31)(H,27,30). The van der Waals surface area contributed by atoms with Crippen LogP contribution in [0.5, 0.6) is 0 Å². The first-order valence-electron chi connectivity index (χ1n) is 9.13. The van der Waals surface area contributed by atoms with E-state index in [9.17, 15) is 22.8 Å². The number of aryl methyl sites for hydroxylation is 1. The molecule has 2 N–H and O–H groups in total. The number of nitrogens with one attached hydrogen (secondary N) is 2. The number of aromatic nitrogens is 2. The molecule has 0 unspecified atom stereocenters. The maximum atomic E-state index is 12.9. The highest BCUT2D eigenvalue weighted by atomic mass is 35.5. The van der Waals surface area contributed by atoms with E-state index < -0.39 is 23.6 Å². The predicted molar refractivity (Wildman–Crippen MR) is 111 cm³/mol. The van der Waals surface area contributed by atoms with Crippen LogP contribution in [-0.2, 0) is 17.5 Å². The molecular weight excluding hydrogens is 433 g/mol. The Morgan fingerprint density at radius 2 is 1.77 bits per heavy atom. The molecule has 0 fully saturated rings. The molecule has 0 spiro atoms. The van der Waals surface area contributed by atoms with Crippen LogP contribution in [0.3, 0.4) is 0 Å². The van der Waals surface area contributed by atoms with Crippen molar-refractivity contribution in [3.05, 3.63) is 76.1 Å². The Hall–Kier alpha value is -3.33. The van der Waals surface area contributed by atoms with Crippen molar-refractivity contribution in [3.63, 3.8) is 0 Å². The Bertz CT molecular complexity index is 1140. The van der Waals surface area contributed by atoms with Crippen molar-refractivity contribution in [3.8, 4) is 0 Å². The molecular formula is C21H18ClF3N4O2. The van der Waals surface area contributed by atoms with E-state index in [4.69, 9.17) is 11.6 Å². The third-order valence-corrected chi connectivity index (χ3v) is 5.03. The van der Waals surface area contributed by atoms with Crippen molar-refractivity contribution >= 4 is 34.8 Å². The summed E-state index contributed by atoms with van der Waals surface area (Å²) in [6.07, 6.45) is -4.53. The highest BCUT2D eigenvalue weighted by Crippen LogP contribution is 2.31. The van der Waals surface area contributed by atoms with Crippen LogP contribution in [-0.4, -0.2) is 21.6 Å². The van der Waals surface area contributed by atoms with Gasteiger partial charge < -0.3 is 10.6 Å². The number of para-hydroxylation sites is 1. The lowest BCUT2D eigenvalue weighted by Crippen LogP contribution is -2.22. The van der Waals surface area contributed by atoms with Crippen LogP contribution < -0.4 is 10.6 Å². The summed E-state index contributed by atoms with van der Waals surface area (Å²) < 4.78 is 40.1. The maximum absolute atomic E-state index is 12.9. The molecule has 31 heavy (non-hydrogen) atoms. The summed E-state index contributed by atoms with van der Waals surface area (Å²) in [6.45, 7) is 3.33. The Balaban J connectivity index is 1.76. The third-order valence-electron chi connectivity index (χ3n) is 4.48. The van der Waals surface area contributed by atoms with E-state index >= 15 is 0 Å². The number of rotatable bonds is 5. The molecule has 0 aliphatic heterocycles. The minimum atomic E-state index is -4.53. The van der Waals surface area contributed by atoms with Gasteiger partial charge in [0, 0.05) is 5.69 Å². The summed E-state index contributed by atoms with van der Waals surface area (Å²) in [5.41, 5.74) is 0.635. The molecule has 1 aromatic heterocycles. The molecule has 10 heteroatoms. The fourth-order valence-electron chi connectivity index (χ4n) is 2.92. The first-order chi connectivity index (χ1) is 14.6. The minimum absolute atomic E-state index is 0.0155. The van der Waals surface area contributed by atoms with Crippen molar-refractivity contribution < 1.29 is 22.8 Å². The summed E-state index contributed by atoms with van der Waals surface area (Å²) in [5, 5.41) is 9.71. The minimum Gasteiger partial charge on any atom is -0.324 e. The average Bonchev–Trinajstić information content (AvgIpc) is 2.94. The van der Waals surface area contributed by atoms with Gasteiger partial charge in [-0.05, 0) is 44.2 Å². The SMILES string of the molecule is Cc1nn(CC(=O)Nc2ccccc2C(=O)Nc2cccc(C(F)(F)F)c2)c(C)c1Cl. The third kappa shape index (κ3) is 5.24. The number of halogens is 4. The van der Waals surface area contributed by atoms with Crippen molar-refractivity contribution in [2.45, 2.75) is 26.6 Å². The molecule has 0 radical (unpaired) electrons. The monoisotopic (exact) mass is 450 g/mol. The molecule has 3 aromatic rings. The van der Waals surface area contributed by atoms with E-state index in [1.807, 2.05) is 0 Å². The van der Waals surface area contributed by atoms with E-state index in [0.29, 0.717) is 16.4 Å². The van der Waals surface area contributed by atoms with Gasteiger partial charge in [0.05, 0.1) is 33.2 Å². The summed E-state index contributed by atoms with van der Waals surface area (Å²) in [5.74, 6) is -1.11. The summed E-state index contributed by atoms with van der Waals surface area (Å²) in [7, 11) is 0. The second-order valence-electron chi connectivity index (χ2n) is 6.77. The second kappa shape index (κ2) is 8.81. The molecule has 2 aromatic carbocycles. The smallest absolute Gasteiger partial charge is 0.324 e. The van der Waals surface area contributed by atoms with Gasteiger partial charge in [-0.25, -0.2) is 0 Å². The van der Waals surface area contributed by atoms with Gasteiger partial charge in [0.25, 0.3) is 5.91 Å². The lowest BCUT2D eigenvalue weighted by atomic mass is 10.1. The van der Waals surface area contributed by atoms with Gasteiger partial charge in [-0.1, -0.05) is 29.8 Å². The number of alkyl halides is 3. The molecule has 0 saturated heterocycles. The zero-order chi connectivity index (χ0) is 22.8. The Morgan fingerprint density at radius 3 is 2.42 bits per heavy atom. The van der Waals surface area contributed by atoms with Crippen LogP contribution in [0, 0.1) is 13.8 Å². The van der Waals surface area contributed by atoms with Gasteiger partial charge in [-0.2, -0.15) is 18.3 Å². The van der Waals surface area contributed by atoms with Gasteiger partial charge >= 0.3 is 6.18 Å². The van der Waals surface area contributed by atoms with Gasteiger partial charge in [-0.15, -0.1) is 0 Å². The zero-order valence-corrected chi connectivity index (χ0v) is 17.3. The summed E-state index contributed by atoms with van der Waals surface area (Å²) in [6, 6.07) is 10.5. The number of amides is 2. The molecule has 2 amide bonds. The molecule has 1 heterocycles. The predicted octanol–water partition coefficient (Wildman–Crippen LogP) is 5.06. The van der Waals surface area contributed by atoms with Crippen LogP contribution in [0.1, 0.15) is 27.3 Å². The first kappa shape index (κ1) is 22.4. The average molecular weight is 451 g/mol. The Morgan fingerprint density at radius 1 is 1.06 bits per heavy atom. The van der Waals surface area contributed by atoms with E-state index in [-0.39, 0.29) is 23.5 Å². The van der Waals surface area contributed by atoms with Crippen LogP contribution in [0.15, 0.2) is 48.5 Å². The number of carbonyl (C=O) groups is 2. The topological polar surface area (TPSA) is 76.0 Å². The molecule has 0 bridgehead atoms. The van der Waals surface area contributed by atoms with E-state index in [0.717, 1.165) is 12.1 Å². The number of hydrogen-bond acceptors (Lipinski definition) is 3. The van der Waals surface area contributed by atoms with Crippen LogP contribution in [0.25, 0.3) is 0 Å². The molecule has 0 atom stereocenters. The lowest BCUT2D eigenvalue weighted by molar-refractivity contribution is -0.137. The molecule has 3 rings (SSSR count). The van der Waals surface area contributed by atoms with Crippen molar-refractivity contribution in [2.75, 3.05) is 10.6 Å². The first-order valence-corrected chi connectivity index (χ1v) is 9.51. The second-order valence-corrected chi connectivity index (χ2v) is 7.15. The number of carbonyl (C=O) groups excluding carboxylic acids is 2. The van der Waals surface area contributed by atoms with Crippen LogP contribution >= 0.6 is 11.6 Å².